The Morgan fingerprint density at radius 3 is 2.55 bits per heavy atom. The third-order valence-corrected chi connectivity index (χ3v) is 5.88. The third kappa shape index (κ3) is 6.07. The number of aromatic nitrogens is 3. The predicted octanol–water partition coefficient (Wildman–Crippen LogP) is 4.86. The normalized spacial score (nSPS) is 11.9. The molecule has 1 amide bonds. The highest BCUT2D eigenvalue weighted by atomic mass is 32.2. The molecular weight excluding hydrogens is 449 g/mol. The topological polar surface area (TPSA) is 112 Å². The standard InChI is InChI=1S/C22H24FN5O4S/c1-13(2)15-5-8-17(9-6-15)32-14(3)21-25-26-22(27(21)4)33-12-20(29)24-19-11-16(28(30)31)7-10-18(19)23/h5-11,13-14H,12H2,1-4H3,(H,24,29). The maximum absolute atomic E-state index is 13.9. The third-order valence-electron chi connectivity index (χ3n) is 4.86. The molecule has 1 aromatic heterocycles. The first-order valence-electron chi connectivity index (χ1n) is 10.2. The van der Waals surface area contributed by atoms with Crippen LogP contribution in [0.15, 0.2) is 47.6 Å². The molecule has 9 nitrogen and oxygen atoms in total. The minimum absolute atomic E-state index is 0.0833. The van der Waals surface area contributed by atoms with E-state index in [4.69, 9.17) is 4.74 Å². The van der Waals surface area contributed by atoms with E-state index in [1.54, 1.807) is 11.6 Å². The van der Waals surface area contributed by atoms with E-state index in [1.807, 2.05) is 31.2 Å². The molecule has 2 aromatic carbocycles. The smallest absolute Gasteiger partial charge is 0.271 e. The fourth-order valence-electron chi connectivity index (χ4n) is 3.03. The number of hydrogen-bond donors (Lipinski definition) is 1. The Labute approximate surface area is 194 Å². The second kappa shape index (κ2) is 10.4. The zero-order valence-electron chi connectivity index (χ0n) is 18.6. The molecule has 1 heterocycles. The number of nitrogens with one attached hydrogen (secondary N) is 1. The number of ether oxygens (including phenoxy) is 1. The summed E-state index contributed by atoms with van der Waals surface area (Å²) in [6.45, 7) is 6.10. The molecule has 0 saturated carbocycles. The fraction of sp³-hybridized carbons (Fsp3) is 0.318. The van der Waals surface area contributed by atoms with Crippen LogP contribution in [0, 0.1) is 15.9 Å². The molecule has 1 unspecified atom stereocenters. The number of amides is 1. The molecule has 3 rings (SSSR count). The first kappa shape index (κ1) is 24.2. The van der Waals surface area contributed by atoms with E-state index in [1.165, 1.54) is 5.56 Å². The molecule has 0 fully saturated rings. The van der Waals surface area contributed by atoms with E-state index < -0.39 is 16.6 Å². The highest BCUT2D eigenvalue weighted by Crippen LogP contribution is 2.26. The van der Waals surface area contributed by atoms with Gasteiger partial charge in [0.15, 0.2) is 17.1 Å². The summed E-state index contributed by atoms with van der Waals surface area (Å²) in [5.41, 5.74) is 0.653. The Morgan fingerprint density at radius 1 is 1.21 bits per heavy atom. The number of non-ortho nitro benzene ring substituents is 1. The van der Waals surface area contributed by atoms with Crippen LogP contribution >= 0.6 is 11.8 Å². The van der Waals surface area contributed by atoms with E-state index >= 15 is 0 Å². The summed E-state index contributed by atoms with van der Waals surface area (Å²) in [7, 11) is 1.76. The molecule has 3 aromatic rings. The SMILES string of the molecule is CC(C)c1ccc(OC(C)c2nnc(SCC(=O)Nc3cc([N+](=O)[O-])ccc3F)n2C)cc1. The average Bonchev–Trinajstić information content (AvgIpc) is 3.14. The second-order valence-electron chi connectivity index (χ2n) is 7.64. The zero-order chi connectivity index (χ0) is 24.1. The number of nitrogens with zero attached hydrogens (tertiary/aromatic N) is 4. The minimum atomic E-state index is -0.757. The van der Waals surface area contributed by atoms with Crippen molar-refractivity contribution in [2.24, 2.45) is 7.05 Å². The van der Waals surface area contributed by atoms with Crippen molar-refractivity contribution in [1.29, 1.82) is 0 Å². The maximum atomic E-state index is 13.9. The van der Waals surface area contributed by atoms with Crippen LogP contribution in [-0.4, -0.2) is 31.3 Å². The number of nitro groups is 1. The first-order chi connectivity index (χ1) is 15.7. The first-order valence-corrected chi connectivity index (χ1v) is 11.2. The Bertz CT molecular complexity index is 1150. The predicted molar refractivity (Wildman–Crippen MR) is 123 cm³/mol. The van der Waals surface area contributed by atoms with Crippen molar-refractivity contribution >= 4 is 29.0 Å². The number of carbonyl (C=O) groups is 1. The van der Waals surface area contributed by atoms with Crippen LogP contribution in [0.2, 0.25) is 0 Å². The van der Waals surface area contributed by atoms with Gasteiger partial charge in [-0.15, -0.1) is 10.2 Å². The van der Waals surface area contributed by atoms with Crippen molar-refractivity contribution in [1.82, 2.24) is 14.8 Å². The van der Waals surface area contributed by atoms with Gasteiger partial charge in [-0.05, 0) is 36.6 Å². The monoisotopic (exact) mass is 473 g/mol. The summed E-state index contributed by atoms with van der Waals surface area (Å²) in [4.78, 5) is 22.4. The van der Waals surface area contributed by atoms with Crippen LogP contribution < -0.4 is 10.1 Å². The molecule has 1 atom stereocenters. The molecule has 0 radical (unpaired) electrons. The Kier molecular flexibility index (Phi) is 7.64. The van der Waals surface area contributed by atoms with Gasteiger partial charge in [-0.1, -0.05) is 37.7 Å². The van der Waals surface area contributed by atoms with Crippen LogP contribution in [0.25, 0.3) is 0 Å². The van der Waals surface area contributed by atoms with Crippen molar-refractivity contribution in [3.8, 4) is 5.75 Å². The molecule has 1 N–H and O–H groups in total. The molecule has 0 aliphatic carbocycles. The lowest BCUT2D eigenvalue weighted by Gasteiger charge is -2.15. The van der Waals surface area contributed by atoms with E-state index in [2.05, 4.69) is 29.4 Å². The Morgan fingerprint density at radius 2 is 1.91 bits per heavy atom. The van der Waals surface area contributed by atoms with Crippen LogP contribution in [0.4, 0.5) is 15.8 Å². The van der Waals surface area contributed by atoms with E-state index in [9.17, 15) is 19.3 Å². The van der Waals surface area contributed by atoms with Gasteiger partial charge in [-0.3, -0.25) is 14.9 Å². The molecular formula is C22H24FN5O4S. The minimum Gasteiger partial charge on any atom is -0.483 e. The van der Waals surface area contributed by atoms with Crippen molar-refractivity contribution < 1.29 is 18.8 Å². The summed E-state index contributed by atoms with van der Waals surface area (Å²) in [5, 5.41) is 21.9. The van der Waals surface area contributed by atoms with Gasteiger partial charge < -0.3 is 14.6 Å². The summed E-state index contributed by atoms with van der Waals surface area (Å²) in [6.07, 6.45) is -0.380. The average molecular weight is 474 g/mol. The summed E-state index contributed by atoms with van der Waals surface area (Å²) in [5.74, 6) is 0.351. The van der Waals surface area contributed by atoms with E-state index in [0.29, 0.717) is 22.6 Å². The molecule has 0 aliphatic heterocycles. The number of rotatable bonds is 9. The van der Waals surface area contributed by atoms with Crippen LogP contribution in [0.5, 0.6) is 5.75 Å². The van der Waals surface area contributed by atoms with Crippen molar-refractivity contribution in [2.45, 2.75) is 37.9 Å². The van der Waals surface area contributed by atoms with Gasteiger partial charge in [-0.2, -0.15) is 0 Å². The van der Waals surface area contributed by atoms with Gasteiger partial charge in [0, 0.05) is 19.2 Å². The van der Waals surface area contributed by atoms with Crippen LogP contribution in [0.1, 0.15) is 44.2 Å². The van der Waals surface area contributed by atoms with Gasteiger partial charge in [0.05, 0.1) is 16.4 Å². The molecule has 11 heteroatoms. The number of nitro benzene ring substituents is 1. The van der Waals surface area contributed by atoms with Gasteiger partial charge in [0.1, 0.15) is 11.6 Å². The fourth-order valence-corrected chi connectivity index (χ4v) is 3.75. The lowest BCUT2D eigenvalue weighted by atomic mass is 10.0. The second-order valence-corrected chi connectivity index (χ2v) is 8.58. The highest BCUT2D eigenvalue weighted by Gasteiger charge is 2.19. The number of carbonyl (C=O) groups excluding carboxylic acids is 1. The van der Waals surface area contributed by atoms with Gasteiger partial charge >= 0.3 is 0 Å². The van der Waals surface area contributed by atoms with Gasteiger partial charge in [0.25, 0.3) is 5.69 Å². The molecule has 174 valence electrons. The molecule has 0 saturated heterocycles. The van der Waals surface area contributed by atoms with Crippen molar-refractivity contribution in [3.63, 3.8) is 0 Å². The number of benzene rings is 2. The van der Waals surface area contributed by atoms with E-state index in [0.717, 1.165) is 30.0 Å². The molecule has 0 spiro atoms. The summed E-state index contributed by atoms with van der Waals surface area (Å²) in [6, 6.07) is 10.8. The van der Waals surface area contributed by atoms with Gasteiger partial charge in [0.2, 0.25) is 5.91 Å². The number of thioether (sulfide) groups is 1. The summed E-state index contributed by atoms with van der Waals surface area (Å²) < 4.78 is 21.6. The summed E-state index contributed by atoms with van der Waals surface area (Å²) >= 11 is 1.11. The Balaban J connectivity index is 1.60. The Hall–Kier alpha value is -3.47. The number of anilines is 1. The number of halogens is 1. The van der Waals surface area contributed by atoms with Crippen molar-refractivity contribution in [3.05, 3.63) is 69.8 Å². The van der Waals surface area contributed by atoms with Crippen LogP contribution in [-0.2, 0) is 11.8 Å². The quantitative estimate of drug-likeness (QED) is 0.268. The number of hydrogen-bond acceptors (Lipinski definition) is 7. The maximum Gasteiger partial charge on any atom is 0.271 e. The van der Waals surface area contributed by atoms with Crippen molar-refractivity contribution in [2.75, 3.05) is 11.1 Å². The zero-order valence-corrected chi connectivity index (χ0v) is 19.4. The molecule has 0 aliphatic rings. The van der Waals surface area contributed by atoms with Crippen LogP contribution in [0.3, 0.4) is 0 Å². The van der Waals surface area contributed by atoms with Gasteiger partial charge in [-0.25, -0.2) is 4.39 Å². The van der Waals surface area contributed by atoms with E-state index in [-0.39, 0.29) is 23.2 Å². The highest BCUT2D eigenvalue weighted by molar-refractivity contribution is 7.99. The largest absolute Gasteiger partial charge is 0.483 e. The molecule has 33 heavy (non-hydrogen) atoms. The molecule has 0 bridgehead atoms. The lowest BCUT2D eigenvalue weighted by Crippen LogP contribution is -2.16. The lowest BCUT2D eigenvalue weighted by molar-refractivity contribution is -0.384.